The Kier molecular flexibility index (Phi) is 4.29. The minimum Gasteiger partial charge on any atom is -0.382 e. The highest BCUT2D eigenvalue weighted by molar-refractivity contribution is 5.44. The third-order valence-electron chi connectivity index (χ3n) is 3.19. The van der Waals surface area contributed by atoms with Gasteiger partial charge in [-0.3, -0.25) is 4.90 Å². The molecule has 6 heteroatoms. The zero-order valence-corrected chi connectivity index (χ0v) is 10.4. The summed E-state index contributed by atoms with van der Waals surface area (Å²) in [7, 11) is 0. The van der Waals surface area contributed by atoms with Crippen molar-refractivity contribution in [1.29, 1.82) is 0 Å². The minimum atomic E-state index is -4.14. The molecule has 1 aromatic rings. The number of anilines is 1. The first kappa shape index (κ1) is 14.1. The molecule has 1 fully saturated rings. The quantitative estimate of drug-likeness (QED) is 0.852. The van der Waals surface area contributed by atoms with Crippen LogP contribution in [0, 0.1) is 5.82 Å². The predicted octanol–water partition coefficient (Wildman–Crippen LogP) is 3.26. The van der Waals surface area contributed by atoms with E-state index in [4.69, 9.17) is 0 Å². The second-order valence-electron chi connectivity index (χ2n) is 4.82. The highest BCUT2D eigenvalue weighted by Crippen LogP contribution is 2.21. The number of hydrogen-bond donors (Lipinski definition) is 1. The zero-order chi connectivity index (χ0) is 13.9. The molecule has 1 aliphatic heterocycles. The highest BCUT2D eigenvalue weighted by Gasteiger charge is 2.32. The Morgan fingerprint density at radius 1 is 1.21 bits per heavy atom. The number of halogens is 4. The van der Waals surface area contributed by atoms with E-state index in [1.165, 1.54) is 17.0 Å². The summed E-state index contributed by atoms with van der Waals surface area (Å²) in [5.74, 6) is -0.320. The number of hydrogen-bond acceptors (Lipinski definition) is 2. The van der Waals surface area contributed by atoms with Crippen molar-refractivity contribution in [2.75, 3.05) is 25.0 Å². The van der Waals surface area contributed by atoms with Gasteiger partial charge in [-0.1, -0.05) is 6.07 Å². The lowest BCUT2D eigenvalue weighted by atomic mass is 10.0. The van der Waals surface area contributed by atoms with Crippen molar-refractivity contribution in [2.45, 2.75) is 25.1 Å². The van der Waals surface area contributed by atoms with E-state index in [2.05, 4.69) is 5.32 Å². The normalized spacial score (nSPS) is 18.5. The van der Waals surface area contributed by atoms with Gasteiger partial charge in [0.2, 0.25) is 0 Å². The molecule has 0 amide bonds. The maximum absolute atomic E-state index is 13.0. The van der Waals surface area contributed by atoms with Crippen LogP contribution in [-0.2, 0) is 0 Å². The van der Waals surface area contributed by atoms with Crippen LogP contribution in [0.3, 0.4) is 0 Å². The summed E-state index contributed by atoms with van der Waals surface area (Å²) in [4.78, 5) is 1.41. The van der Waals surface area contributed by atoms with Crippen molar-refractivity contribution < 1.29 is 17.6 Å². The van der Waals surface area contributed by atoms with Gasteiger partial charge < -0.3 is 5.32 Å². The molecule has 106 valence electrons. The number of piperidine rings is 1. The lowest BCUT2D eigenvalue weighted by Crippen LogP contribution is -2.43. The van der Waals surface area contributed by atoms with E-state index in [-0.39, 0.29) is 11.9 Å². The molecule has 0 aromatic heterocycles. The van der Waals surface area contributed by atoms with Crippen LogP contribution in [-0.4, -0.2) is 36.8 Å². The van der Waals surface area contributed by atoms with Crippen molar-refractivity contribution in [2.24, 2.45) is 0 Å². The predicted molar refractivity (Wildman–Crippen MR) is 65.5 cm³/mol. The fourth-order valence-electron chi connectivity index (χ4n) is 2.30. The lowest BCUT2D eigenvalue weighted by molar-refractivity contribution is -0.147. The van der Waals surface area contributed by atoms with Crippen molar-refractivity contribution in [3.8, 4) is 0 Å². The van der Waals surface area contributed by atoms with E-state index in [1.807, 2.05) is 0 Å². The average molecular weight is 276 g/mol. The summed E-state index contributed by atoms with van der Waals surface area (Å²) in [6, 6.07) is 6.21. The Balaban J connectivity index is 1.80. The first-order valence-corrected chi connectivity index (χ1v) is 6.23. The van der Waals surface area contributed by atoms with Gasteiger partial charge in [0.1, 0.15) is 5.82 Å². The molecular formula is C13H16F4N2. The van der Waals surface area contributed by atoms with Crippen LogP contribution in [0.25, 0.3) is 0 Å². The molecule has 19 heavy (non-hydrogen) atoms. The molecule has 0 saturated carbocycles. The van der Waals surface area contributed by atoms with Crippen LogP contribution in [0.1, 0.15) is 12.8 Å². The monoisotopic (exact) mass is 276 g/mol. The maximum atomic E-state index is 13.0. The molecule has 0 unspecified atom stereocenters. The fourth-order valence-corrected chi connectivity index (χ4v) is 2.30. The summed E-state index contributed by atoms with van der Waals surface area (Å²) in [6.07, 6.45) is -2.87. The number of benzene rings is 1. The Bertz CT molecular complexity index is 411. The topological polar surface area (TPSA) is 15.3 Å². The highest BCUT2D eigenvalue weighted by atomic mass is 19.4. The molecule has 1 heterocycles. The Hall–Kier alpha value is -1.30. The van der Waals surface area contributed by atoms with Crippen LogP contribution >= 0.6 is 0 Å². The molecule has 1 aromatic carbocycles. The molecular weight excluding hydrogens is 260 g/mol. The molecule has 2 nitrogen and oxygen atoms in total. The summed E-state index contributed by atoms with van der Waals surface area (Å²) < 4.78 is 49.7. The first-order chi connectivity index (χ1) is 8.92. The minimum absolute atomic E-state index is 0.103. The third-order valence-corrected chi connectivity index (χ3v) is 3.19. The van der Waals surface area contributed by atoms with E-state index >= 15 is 0 Å². The molecule has 0 atom stereocenters. The molecule has 0 radical (unpaired) electrons. The van der Waals surface area contributed by atoms with Gasteiger partial charge in [0.05, 0.1) is 6.54 Å². The second-order valence-corrected chi connectivity index (χ2v) is 4.82. The molecule has 0 bridgehead atoms. The average Bonchev–Trinajstić information content (AvgIpc) is 2.30. The van der Waals surface area contributed by atoms with Crippen LogP contribution in [0.5, 0.6) is 0 Å². The van der Waals surface area contributed by atoms with Crippen LogP contribution in [0.4, 0.5) is 23.2 Å². The summed E-state index contributed by atoms with van der Waals surface area (Å²) in [6.45, 7) is -0.0291. The zero-order valence-electron chi connectivity index (χ0n) is 10.4. The molecule has 2 rings (SSSR count). The number of likely N-dealkylation sites (tertiary alicyclic amines) is 1. The fraction of sp³-hybridized carbons (Fsp3) is 0.538. The van der Waals surface area contributed by atoms with Gasteiger partial charge in [0, 0.05) is 24.8 Å². The van der Waals surface area contributed by atoms with Crippen LogP contribution in [0.15, 0.2) is 24.3 Å². The molecule has 1 saturated heterocycles. The number of alkyl halides is 3. The number of rotatable bonds is 3. The number of nitrogens with zero attached hydrogens (tertiary/aromatic N) is 1. The largest absolute Gasteiger partial charge is 0.401 e. The van der Waals surface area contributed by atoms with Gasteiger partial charge in [-0.2, -0.15) is 13.2 Å². The number of nitrogens with one attached hydrogen (secondary N) is 1. The lowest BCUT2D eigenvalue weighted by Gasteiger charge is -2.33. The second kappa shape index (κ2) is 5.77. The third kappa shape index (κ3) is 4.70. The summed E-state index contributed by atoms with van der Waals surface area (Å²) >= 11 is 0. The van der Waals surface area contributed by atoms with Crippen molar-refractivity contribution in [3.63, 3.8) is 0 Å². The van der Waals surface area contributed by atoms with Gasteiger partial charge >= 0.3 is 6.18 Å². The van der Waals surface area contributed by atoms with Gasteiger partial charge in [0.25, 0.3) is 0 Å². The smallest absolute Gasteiger partial charge is 0.382 e. The Labute approximate surface area is 109 Å². The van der Waals surface area contributed by atoms with E-state index in [0.29, 0.717) is 31.6 Å². The van der Waals surface area contributed by atoms with Crippen molar-refractivity contribution in [3.05, 3.63) is 30.1 Å². The molecule has 0 spiro atoms. The maximum Gasteiger partial charge on any atom is 0.401 e. The standard InChI is InChI=1S/C13H16F4N2/c14-10-2-1-3-12(8-10)18-11-4-6-19(7-5-11)9-13(15,16)17/h1-3,8,11,18H,4-7,9H2. The first-order valence-electron chi connectivity index (χ1n) is 6.23. The molecule has 1 aliphatic rings. The van der Waals surface area contributed by atoms with Crippen molar-refractivity contribution >= 4 is 5.69 Å². The summed E-state index contributed by atoms with van der Waals surface area (Å²) in [5, 5.41) is 3.16. The Morgan fingerprint density at radius 2 is 1.89 bits per heavy atom. The van der Waals surface area contributed by atoms with E-state index in [9.17, 15) is 17.6 Å². The van der Waals surface area contributed by atoms with Gasteiger partial charge in [-0.25, -0.2) is 4.39 Å². The Morgan fingerprint density at radius 3 is 2.47 bits per heavy atom. The van der Waals surface area contributed by atoms with Crippen LogP contribution < -0.4 is 5.32 Å². The van der Waals surface area contributed by atoms with Gasteiger partial charge in [-0.15, -0.1) is 0 Å². The molecule has 1 N–H and O–H groups in total. The summed E-state index contributed by atoms with van der Waals surface area (Å²) in [5.41, 5.74) is 0.675. The van der Waals surface area contributed by atoms with Gasteiger partial charge in [-0.05, 0) is 31.0 Å². The van der Waals surface area contributed by atoms with Gasteiger partial charge in [0.15, 0.2) is 0 Å². The van der Waals surface area contributed by atoms with Crippen LogP contribution in [0.2, 0.25) is 0 Å². The molecule has 0 aliphatic carbocycles. The van der Waals surface area contributed by atoms with E-state index in [1.54, 1.807) is 12.1 Å². The van der Waals surface area contributed by atoms with E-state index < -0.39 is 12.7 Å². The SMILES string of the molecule is Fc1cccc(NC2CCN(CC(F)(F)F)CC2)c1. The van der Waals surface area contributed by atoms with E-state index in [0.717, 1.165) is 0 Å². The van der Waals surface area contributed by atoms with Crippen molar-refractivity contribution in [1.82, 2.24) is 4.90 Å².